The van der Waals surface area contributed by atoms with Crippen LogP contribution in [0.1, 0.15) is 37.8 Å². The largest absolute Gasteiger partial charge is 0.354 e. The molecule has 6 nitrogen and oxygen atoms in total. The number of aryl methyl sites for hydroxylation is 1. The highest BCUT2D eigenvalue weighted by molar-refractivity contribution is 14.0. The molecule has 20 heavy (non-hydrogen) atoms. The number of hydrogen-bond donors (Lipinski definition) is 2. The van der Waals surface area contributed by atoms with Crippen molar-refractivity contribution in [3.63, 3.8) is 0 Å². The lowest BCUT2D eigenvalue weighted by molar-refractivity contribution is 0.734. The Morgan fingerprint density at radius 2 is 2.05 bits per heavy atom. The van der Waals surface area contributed by atoms with Gasteiger partial charge in [0.05, 0.1) is 0 Å². The minimum atomic E-state index is 0. The number of halogens is 1. The molecular weight excluding hydrogens is 367 g/mol. The molecule has 2 atom stereocenters. The van der Waals surface area contributed by atoms with Gasteiger partial charge in [-0.05, 0) is 32.1 Å². The molecule has 112 valence electrons. The van der Waals surface area contributed by atoms with Crippen LogP contribution in [0.3, 0.4) is 0 Å². The summed E-state index contributed by atoms with van der Waals surface area (Å²) in [6.45, 7) is 4.78. The van der Waals surface area contributed by atoms with Crippen LogP contribution in [0.25, 0.3) is 0 Å². The van der Waals surface area contributed by atoms with Crippen LogP contribution in [0.4, 0.5) is 0 Å². The van der Waals surface area contributed by atoms with Gasteiger partial charge in [0.25, 0.3) is 0 Å². The van der Waals surface area contributed by atoms with Crippen molar-refractivity contribution in [2.24, 2.45) is 18.0 Å². The van der Waals surface area contributed by atoms with E-state index in [1.54, 1.807) is 0 Å². The summed E-state index contributed by atoms with van der Waals surface area (Å²) in [5.74, 6) is 3.52. The topological polar surface area (TPSA) is 67.1 Å². The normalized spacial score (nSPS) is 25.1. The highest BCUT2D eigenvalue weighted by Crippen LogP contribution is 2.29. The molecule has 1 aromatic rings. The average molecular weight is 390 g/mol. The van der Waals surface area contributed by atoms with Crippen molar-refractivity contribution in [3.8, 4) is 0 Å². The van der Waals surface area contributed by atoms with E-state index in [-0.39, 0.29) is 24.0 Å². The summed E-state index contributed by atoms with van der Waals surface area (Å²) in [7, 11) is 1.98. The van der Waals surface area contributed by atoms with Crippen LogP contribution in [0.2, 0.25) is 0 Å². The molecule has 0 amide bonds. The Labute approximate surface area is 136 Å². The predicted molar refractivity (Wildman–Crippen MR) is 89.2 cm³/mol. The van der Waals surface area contributed by atoms with E-state index >= 15 is 0 Å². The first-order valence-electron chi connectivity index (χ1n) is 7.06. The SMILES string of the molecule is Cc1nnc(CN=C(NC2CC2)NC2CC2C)n1C.I. The Morgan fingerprint density at radius 1 is 1.35 bits per heavy atom. The summed E-state index contributed by atoms with van der Waals surface area (Å²) in [5, 5.41) is 15.1. The monoisotopic (exact) mass is 390 g/mol. The van der Waals surface area contributed by atoms with E-state index in [0.717, 1.165) is 23.5 Å². The van der Waals surface area contributed by atoms with E-state index in [1.807, 2.05) is 18.5 Å². The molecule has 0 spiro atoms. The molecule has 2 fully saturated rings. The van der Waals surface area contributed by atoms with E-state index in [0.29, 0.717) is 18.6 Å². The lowest BCUT2D eigenvalue weighted by Crippen LogP contribution is -2.40. The first-order valence-corrected chi connectivity index (χ1v) is 7.06. The quantitative estimate of drug-likeness (QED) is 0.463. The average Bonchev–Trinajstić information content (AvgIpc) is 3.28. The third-order valence-corrected chi connectivity index (χ3v) is 3.91. The van der Waals surface area contributed by atoms with Crippen LogP contribution in [0, 0.1) is 12.8 Å². The van der Waals surface area contributed by atoms with Crippen molar-refractivity contribution < 1.29 is 0 Å². The molecule has 2 N–H and O–H groups in total. The van der Waals surface area contributed by atoms with Gasteiger partial charge in [-0.15, -0.1) is 34.2 Å². The molecule has 7 heteroatoms. The molecule has 1 aromatic heterocycles. The summed E-state index contributed by atoms with van der Waals surface area (Å²) in [4.78, 5) is 4.63. The number of nitrogens with one attached hydrogen (secondary N) is 2. The zero-order valence-electron chi connectivity index (χ0n) is 12.3. The van der Waals surface area contributed by atoms with Gasteiger partial charge < -0.3 is 15.2 Å². The highest BCUT2D eigenvalue weighted by atomic mass is 127. The minimum absolute atomic E-state index is 0. The van der Waals surface area contributed by atoms with Crippen molar-refractivity contribution in [2.75, 3.05) is 0 Å². The fourth-order valence-corrected chi connectivity index (χ4v) is 1.99. The lowest BCUT2D eigenvalue weighted by atomic mass is 10.5. The summed E-state index contributed by atoms with van der Waals surface area (Å²) in [6.07, 6.45) is 3.75. The summed E-state index contributed by atoms with van der Waals surface area (Å²) in [6, 6.07) is 1.20. The highest BCUT2D eigenvalue weighted by Gasteiger charge is 2.34. The third-order valence-electron chi connectivity index (χ3n) is 3.91. The molecule has 1 heterocycles. The van der Waals surface area contributed by atoms with Gasteiger partial charge in [0, 0.05) is 19.1 Å². The van der Waals surface area contributed by atoms with Crippen LogP contribution in [-0.2, 0) is 13.6 Å². The van der Waals surface area contributed by atoms with Gasteiger partial charge in [0.2, 0.25) is 0 Å². The van der Waals surface area contributed by atoms with E-state index in [4.69, 9.17) is 0 Å². The second kappa shape index (κ2) is 6.28. The Kier molecular flexibility index (Phi) is 4.87. The van der Waals surface area contributed by atoms with E-state index in [1.165, 1.54) is 19.3 Å². The van der Waals surface area contributed by atoms with Gasteiger partial charge in [-0.25, -0.2) is 4.99 Å². The Balaban J connectivity index is 0.00000147. The second-order valence-electron chi connectivity index (χ2n) is 5.77. The fourth-order valence-electron chi connectivity index (χ4n) is 1.99. The van der Waals surface area contributed by atoms with Gasteiger partial charge in [0.15, 0.2) is 11.8 Å². The number of aromatic nitrogens is 3. The second-order valence-corrected chi connectivity index (χ2v) is 5.77. The predicted octanol–water partition coefficient (Wildman–Crippen LogP) is 1.35. The van der Waals surface area contributed by atoms with Crippen LogP contribution in [0.15, 0.2) is 4.99 Å². The van der Waals surface area contributed by atoms with Crippen LogP contribution in [-0.4, -0.2) is 32.8 Å². The molecule has 2 saturated carbocycles. The van der Waals surface area contributed by atoms with Gasteiger partial charge in [0.1, 0.15) is 12.4 Å². The van der Waals surface area contributed by atoms with Gasteiger partial charge in [-0.3, -0.25) is 0 Å². The summed E-state index contributed by atoms with van der Waals surface area (Å²) in [5.41, 5.74) is 0. The maximum atomic E-state index is 4.63. The number of guanidine groups is 1. The maximum absolute atomic E-state index is 4.63. The standard InChI is InChI=1S/C13H22N6.HI/c1-8-6-11(8)16-13(15-10-4-5-10)14-7-12-18-17-9(2)19(12)3;/h8,10-11H,4-7H2,1-3H3,(H2,14,15,16);1H. The molecular formula is C13H23IN6. The molecule has 0 bridgehead atoms. The van der Waals surface area contributed by atoms with E-state index in [9.17, 15) is 0 Å². The molecule has 0 saturated heterocycles. The molecule has 2 aliphatic carbocycles. The fraction of sp³-hybridized carbons (Fsp3) is 0.769. The smallest absolute Gasteiger partial charge is 0.192 e. The zero-order chi connectivity index (χ0) is 13.4. The minimum Gasteiger partial charge on any atom is -0.354 e. The van der Waals surface area contributed by atoms with Gasteiger partial charge >= 0.3 is 0 Å². The van der Waals surface area contributed by atoms with Crippen molar-refractivity contribution in [2.45, 2.75) is 51.7 Å². The number of hydrogen-bond acceptors (Lipinski definition) is 3. The zero-order valence-corrected chi connectivity index (χ0v) is 14.6. The van der Waals surface area contributed by atoms with Crippen molar-refractivity contribution in [1.82, 2.24) is 25.4 Å². The van der Waals surface area contributed by atoms with Crippen molar-refractivity contribution >= 4 is 29.9 Å². The van der Waals surface area contributed by atoms with Crippen LogP contribution < -0.4 is 10.6 Å². The Morgan fingerprint density at radius 3 is 2.55 bits per heavy atom. The van der Waals surface area contributed by atoms with Crippen molar-refractivity contribution in [3.05, 3.63) is 11.6 Å². The molecule has 0 aromatic carbocycles. The molecule has 2 aliphatic rings. The van der Waals surface area contributed by atoms with E-state index in [2.05, 4.69) is 32.7 Å². The Hall–Kier alpha value is -0.860. The maximum Gasteiger partial charge on any atom is 0.192 e. The Bertz CT molecular complexity index is 493. The van der Waals surface area contributed by atoms with E-state index < -0.39 is 0 Å². The van der Waals surface area contributed by atoms with Gasteiger partial charge in [-0.1, -0.05) is 6.92 Å². The number of rotatable bonds is 4. The number of aliphatic imine (C=N–C) groups is 1. The van der Waals surface area contributed by atoms with Crippen LogP contribution in [0.5, 0.6) is 0 Å². The molecule has 3 rings (SSSR count). The van der Waals surface area contributed by atoms with Crippen molar-refractivity contribution in [1.29, 1.82) is 0 Å². The third kappa shape index (κ3) is 3.83. The first kappa shape index (κ1) is 15.5. The lowest BCUT2D eigenvalue weighted by Gasteiger charge is -2.11. The number of nitrogens with zero attached hydrogens (tertiary/aromatic N) is 4. The summed E-state index contributed by atoms with van der Waals surface area (Å²) >= 11 is 0. The first-order chi connectivity index (χ1) is 9.13. The van der Waals surface area contributed by atoms with Gasteiger partial charge in [-0.2, -0.15) is 0 Å². The summed E-state index contributed by atoms with van der Waals surface area (Å²) < 4.78 is 1.98. The molecule has 0 aliphatic heterocycles. The van der Waals surface area contributed by atoms with Crippen LogP contribution >= 0.6 is 24.0 Å². The molecule has 0 radical (unpaired) electrons. The molecule has 2 unspecified atom stereocenters.